The average molecular weight is 305 g/mol. The van der Waals surface area contributed by atoms with Crippen LogP contribution in [0, 0.1) is 0 Å². The monoisotopic (exact) mass is 305 g/mol. The van der Waals surface area contributed by atoms with Crippen LogP contribution in [0.5, 0.6) is 0 Å². The third kappa shape index (κ3) is 4.68. The van der Waals surface area contributed by atoms with Crippen LogP contribution in [0.1, 0.15) is 44.1 Å². The molecule has 0 spiro atoms. The molecule has 1 atom stereocenters. The van der Waals surface area contributed by atoms with Crippen LogP contribution in [0.2, 0.25) is 0 Å². The van der Waals surface area contributed by atoms with Gasteiger partial charge in [0, 0.05) is 24.7 Å². The highest BCUT2D eigenvalue weighted by Crippen LogP contribution is 2.14. The second-order valence-electron chi connectivity index (χ2n) is 5.49. The standard InChI is InChI=1S/C17H27N3S/c1-4-8-18-16(10-14-7-9-21-13-14)12-17-11-15(5-2)19-20(17)6-3/h7,9,11,13,16,18H,4-6,8,10,12H2,1-3H3. The first-order chi connectivity index (χ1) is 10.3. The first-order valence-corrected chi connectivity index (χ1v) is 9.01. The Hall–Kier alpha value is -1.13. The van der Waals surface area contributed by atoms with Gasteiger partial charge in [-0.1, -0.05) is 13.8 Å². The molecule has 3 nitrogen and oxygen atoms in total. The van der Waals surface area contributed by atoms with E-state index in [2.05, 4.69) is 58.8 Å². The molecule has 1 N–H and O–H groups in total. The minimum atomic E-state index is 0.492. The summed E-state index contributed by atoms with van der Waals surface area (Å²) in [5.41, 5.74) is 4.00. The summed E-state index contributed by atoms with van der Waals surface area (Å²) < 4.78 is 2.16. The Morgan fingerprint density at radius 2 is 2.14 bits per heavy atom. The Balaban J connectivity index is 2.08. The predicted molar refractivity (Wildman–Crippen MR) is 91.1 cm³/mol. The number of rotatable bonds is 9. The number of hydrogen-bond donors (Lipinski definition) is 1. The van der Waals surface area contributed by atoms with Crippen LogP contribution in [0.25, 0.3) is 0 Å². The van der Waals surface area contributed by atoms with Gasteiger partial charge < -0.3 is 5.32 Å². The van der Waals surface area contributed by atoms with Crippen LogP contribution >= 0.6 is 11.3 Å². The summed E-state index contributed by atoms with van der Waals surface area (Å²) in [6.07, 6.45) is 4.33. The van der Waals surface area contributed by atoms with Gasteiger partial charge in [0.2, 0.25) is 0 Å². The first kappa shape index (κ1) is 16.2. The summed E-state index contributed by atoms with van der Waals surface area (Å²) in [4.78, 5) is 0. The van der Waals surface area contributed by atoms with Crippen LogP contribution in [0.15, 0.2) is 22.9 Å². The Kier molecular flexibility index (Phi) is 6.46. The Morgan fingerprint density at radius 1 is 1.29 bits per heavy atom. The van der Waals surface area contributed by atoms with Crippen LogP contribution in [-0.2, 0) is 25.8 Å². The molecule has 2 rings (SSSR count). The highest BCUT2D eigenvalue weighted by Gasteiger charge is 2.14. The number of thiophene rings is 1. The minimum absolute atomic E-state index is 0.492. The van der Waals surface area contributed by atoms with Crippen LogP contribution in [0.4, 0.5) is 0 Å². The van der Waals surface area contributed by atoms with Gasteiger partial charge in [-0.25, -0.2) is 0 Å². The SMILES string of the molecule is CCCNC(Cc1ccsc1)Cc1cc(CC)nn1CC. The van der Waals surface area contributed by atoms with Crippen molar-refractivity contribution in [2.75, 3.05) is 6.54 Å². The van der Waals surface area contributed by atoms with E-state index in [9.17, 15) is 0 Å². The van der Waals surface area contributed by atoms with E-state index in [1.807, 2.05) is 0 Å². The molecule has 0 aliphatic heterocycles. The summed E-state index contributed by atoms with van der Waals surface area (Å²) in [6, 6.07) is 5.00. The molecule has 0 saturated carbocycles. The fourth-order valence-electron chi connectivity index (χ4n) is 2.64. The normalized spacial score (nSPS) is 12.7. The smallest absolute Gasteiger partial charge is 0.0624 e. The maximum atomic E-state index is 4.67. The highest BCUT2D eigenvalue weighted by atomic mass is 32.1. The molecule has 1 unspecified atom stereocenters. The molecule has 2 heterocycles. The lowest BCUT2D eigenvalue weighted by atomic mass is 10.0. The van der Waals surface area contributed by atoms with Crippen molar-refractivity contribution in [3.8, 4) is 0 Å². The van der Waals surface area contributed by atoms with Crippen molar-refractivity contribution in [3.05, 3.63) is 39.8 Å². The maximum absolute atomic E-state index is 4.67. The van der Waals surface area contributed by atoms with Crippen LogP contribution in [-0.4, -0.2) is 22.4 Å². The summed E-state index contributed by atoms with van der Waals surface area (Å²) >= 11 is 1.78. The van der Waals surface area contributed by atoms with Gasteiger partial charge in [0.1, 0.15) is 0 Å². The van der Waals surface area contributed by atoms with Crippen LogP contribution in [0.3, 0.4) is 0 Å². The molecular formula is C17H27N3S. The Morgan fingerprint density at radius 3 is 2.76 bits per heavy atom. The number of nitrogens with zero attached hydrogens (tertiary/aromatic N) is 2. The fraction of sp³-hybridized carbons (Fsp3) is 0.588. The van der Waals surface area contributed by atoms with Crippen LogP contribution < -0.4 is 5.32 Å². The molecule has 2 aromatic heterocycles. The molecule has 21 heavy (non-hydrogen) atoms. The predicted octanol–water partition coefficient (Wildman–Crippen LogP) is 3.68. The molecule has 0 saturated heterocycles. The van der Waals surface area contributed by atoms with E-state index >= 15 is 0 Å². The van der Waals surface area contributed by atoms with Gasteiger partial charge in [0.05, 0.1) is 5.69 Å². The van der Waals surface area contributed by atoms with Gasteiger partial charge in [-0.15, -0.1) is 0 Å². The lowest BCUT2D eigenvalue weighted by molar-refractivity contribution is 0.483. The van der Waals surface area contributed by atoms with Gasteiger partial charge >= 0.3 is 0 Å². The minimum Gasteiger partial charge on any atom is -0.313 e. The second kappa shape index (κ2) is 8.35. The third-order valence-corrected chi connectivity index (χ3v) is 4.51. The van der Waals surface area contributed by atoms with Gasteiger partial charge in [-0.2, -0.15) is 16.4 Å². The zero-order valence-electron chi connectivity index (χ0n) is 13.4. The van der Waals surface area contributed by atoms with Gasteiger partial charge in [-0.3, -0.25) is 4.68 Å². The summed E-state index contributed by atoms with van der Waals surface area (Å²) in [6.45, 7) is 8.59. The molecule has 2 aromatic rings. The van der Waals surface area contributed by atoms with Gasteiger partial charge in [0.25, 0.3) is 0 Å². The topological polar surface area (TPSA) is 29.9 Å². The van der Waals surface area contributed by atoms with E-state index in [-0.39, 0.29) is 0 Å². The third-order valence-electron chi connectivity index (χ3n) is 3.78. The molecule has 0 aromatic carbocycles. The van der Waals surface area contributed by atoms with E-state index in [4.69, 9.17) is 0 Å². The molecule has 0 aliphatic rings. The molecule has 0 amide bonds. The quantitative estimate of drug-likeness (QED) is 0.766. The lowest BCUT2D eigenvalue weighted by Crippen LogP contribution is -2.34. The maximum Gasteiger partial charge on any atom is 0.0624 e. The van der Waals surface area contributed by atoms with Crippen molar-refractivity contribution < 1.29 is 0 Å². The first-order valence-electron chi connectivity index (χ1n) is 8.06. The van der Waals surface area contributed by atoms with Gasteiger partial charge in [0.15, 0.2) is 0 Å². The number of hydrogen-bond acceptors (Lipinski definition) is 3. The van der Waals surface area contributed by atoms with Crippen molar-refractivity contribution >= 4 is 11.3 Å². The van der Waals surface area contributed by atoms with Crippen molar-refractivity contribution in [1.29, 1.82) is 0 Å². The van der Waals surface area contributed by atoms with Crippen molar-refractivity contribution in [2.24, 2.45) is 0 Å². The van der Waals surface area contributed by atoms with E-state index in [1.165, 1.54) is 23.4 Å². The number of aryl methyl sites for hydroxylation is 2. The molecule has 4 heteroatoms. The number of nitrogens with one attached hydrogen (secondary N) is 1. The highest BCUT2D eigenvalue weighted by molar-refractivity contribution is 7.07. The largest absolute Gasteiger partial charge is 0.313 e. The van der Waals surface area contributed by atoms with E-state index in [1.54, 1.807) is 11.3 Å². The van der Waals surface area contributed by atoms with Crippen molar-refractivity contribution in [3.63, 3.8) is 0 Å². The molecule has 0 fully saturated rings. The van der Waals surface area contributed by atoms with E-state index in [0.717, 1.165) is 32.4 Å². The number of aromatic nitrogens is 2. The Labute approximate surface area is 132 Å². The van der Waals surface area contributed by atoms with Gasteiger partial charge in [-0.05, 0) is 61.2 Å². The molecule has 0 radical (unpaired) electrons. The molecule has 116 valence electrons. The fourth-order valence-corrected chi connectivity index (χ4v) is 3.32. The zero-order chi connectivity index (χ0) is 15.1. The summed E-state index contributed by atoms with van der Waals surface area (Å²) in [7, 11) is 0. The van der Waals surface area contributed by atoms with E-state index < -0.39 is 0 Å². The summed E-state index contributed by atoms with van der Waals surface area (Å²) in [5.74, 6) is 0. The summed E-state index contributed by atoms with van der Waals surface area (Å²) in [5, 5.41) is 12.8. The second-order valence-corrected chi connectivity index (χ2v) is 6.27. The average Bonchev–Trinajstić information content (AvgIpc) is 3.14. The van der Waals surface area contributed by atoms with E-state index in [0.29, 0.717) is 6.04 Å². The molecule has 0 aliphatic carbocycles. The zero-order valence-corrected chi connectivity index (χ0v) is 14.2. The van der Waals surface area contributed by atoms with Crippen molar-refractivity contribution in [1.82, 2.24) is 15.1 Å². The van der Waals surface area contributed by atoms with Crippen molar-refractivity contribution in [2.45, 2.75) is 59.0 Å². The Bertz CT molecular complexity index is 516. The molecule has 0 bridgehead atoms. The lowest BCUT2D eigenvalue weighted by Gasteiger charge is -2.18. The molecular weight excluding hydrogens is 278 g/mol.